The van der Waals surface area contributed by atoms with Gasteiger partial charge in [0.25, 0.3) is 0 Å². The first-order valence-electron chi connectivity index (χ1n) is 23.6. The van der Waals surface area contributed by atoms with Gasteiger partial charge >= 0.3 is 7.82 Å². The first-order chi connectivity index (χ1) is 28.4. The van der Waals surface area contributed by atoms with Gasteiger partial charge in [0.1, 0.15) is 0 Å². The normalized spacial score (nSPS) is 14.8. The average Bonchev–Trinajstić information content (AvgIpc) is 3.14. The number of phosphoric ester groups is 1. The summed E-state index contributed by atoms with van der Waals surface area (Å²) in [7, 11) is -4.35. The monoisotopic (exact) mass is 883 g/mol. The fourth-order valence-electron chi connectivity index (χ4n) is 7.01. The number of allylic oxidation sites excluding steroid dienone is 20. The number of hydrogen-bond donors (Lipinski definition) is 4. The van der Waals surface area contributed by atoms with Gasteiger partial charge in [-0.2, -0.15) is 0 Å². The van der Waals surface area contributed by atoms with E-state index in [9.17, 15) is 4.57 Å². The van der Waals surface area contributed by atoms with Crippen LogP contribution < -0.4 is 12.3 Å². The predicted molar refractivity (Wildman–Crippen MR) is 277 cm³/mol. The van der Waals surface area contributed by atoms with Crippen molar-refractivity contribution in [1.29, 1.82) is 0 Å². The summed E-state index contributed by atoms with van der Waals surface area (Å²) >= 11 is 0. The zero-order chi connectivity index (χ0) is 45.2. The Morgan fingerprint density at radius 1 is 0.387 bits per heavy atom. The number of phosphoric acid groups is 1. The lowest BCUT2D eigenvalue weighted by Gasteiger charge is -2.11. The fourth-order valence-corrected chi connectivity index (χ4v) is 7.35. The largest absolute Gasteiger partial charge is 0.469 e. The molecule has 0 aliphatic carbocycles. The third-order valence-electron chi connectivity index (χ3n) is 11.4. The molecule has 0 saturated heterocycles. The van der Waals surface area contributed by atoms with Crippen LogP contribution in [-0.2, 0) is 9.09 Å². The minimum atomic E-state index is -4.35. The Morgan fingerprint density at radius 3 is 0.806 bits per heavy atom. The Hall–Kier alpha value is -2.57. The number of rotatable bonds is 34. The molecule has 0 bridgehead atoms. The molecule has 1 unspecified atom stereocenters. The van der Waals surface area contributed by atoms with Crippen molar-refractivity contribution in [3.05, 3.63) is 116 Å². The second-order valence-electron chi connectivity index (χ2n) is 18.4. The third kappa shape index (κ3) is 44.1. The maximum Gasteiger partial charge on any atom is 0.469 e. The first-order valence-corrected chi connectivity index (χ1v) is 25.1. The Kier molecular flexibility index (Phi) is 41.1. The van der Waals surface area contributed by atoms with E-state index in [1.54, 1.807) is 0 Å². The molecule has 0 fully saturated rings. The van der Waals surface area contributed by atoms with Gasteiger partial charge in [0.15, 0.2) is 0 Å². The van der Waals surface area contributed by atoms with Crippen molar-refractivity contribution < 1.29 is 18.9 Å². The van der Waals surface area contributed by atoms with E-state index in [4.69, 9.17) is 9.79 Å². The van der Waals surface area contributed by atoms with E-state index in [1.165, 1.54) is 75.0 Å². The second kappa shape index (κ2) is 40.0. The van der Waals surface area contributed by atoms with Crippen molar-refractivity contribution in [3.8, 4) is 0 Å². The van der Waals surface area contributed by atoms with E-state index in [-0.39, 0.29) is 18.9 Å². The van der Waals surface area contributed by atoms with Gasteiger partial charge in [-0.1, -0.05) is 123 Å². The SMILES string of the molecule is CC(C)=CCC/C(C)=C/CC/C(C)=C/CC/C(C)=C/CC/C(C)=C/CC/C(C)=C/CC/C(C)=C/CC/C(C)=C/CC/C(C)=C/CC/C(C)=C/CCC(C)CCOP(=O)(O)O.N.N. The summed E-state index contributed by atoms with van der Waals surface area (Å²) < 4.78 is 15.4. The minimum absolute atomic E-state index is 0. The van der Waals surface area contributed by atoms with Gasteiger partial charge in [-0.05, 0) is 217 Å². The first kappa shape index (κ1) is 63.7. The van der Waals surface area contributed by atoms with Crippen LogP contribution in [0.25, 0.3) is 0 Å². The Balaban J connectivity index is -0.0000174. The highest BCUT2D eigenvalue weighted by Crippen LogP contribution is 2.36. The average molecular weight is 883 g/mol. The van der Waals surface area contributed by atoms with Gasteiger partial charge in [0, 0.05) is 0 Å². The lowest BCUT2D eigenvalue weighted by Crippen LogP contribution is -2.00. The molecule has 0 aromatic rings. The topological polar surface area (TPSA) is 137 Å². The van der Waals surface area contributed by atoms with Crippen LogP contribution in [0.5, 0.6) is 0 Å². The summed E-state index contributed by atoms with van der Waals surface area (Å²) in [5.41, 5.74) is 14.9. The molecule has 7 heteroatoms. The van der Waals surface area contributed by atoms with E-state index >= 15 is 0 Å². The maximum absolute atomic E-state index is 10.8. The van der Waals surface area contributed by atoms with Crippen molar-refractivity contribution in [3.63, 3.8) is 0 Å². The van der Waals surface area contributed by atoms with Gasteiger partial charge in [-0.3, -0.25) is 4.52 Å². The molecule has 6 nitrogen and oxygen atoms in total. The van der Waals surface area contributed by atoms with Crippen LogP contribution in [0.4, 0.5) is 0 Å². The molecule has 358 valence electrons. The molecule has 0 amide bonds. The second-order valence-corrected chi connectivity index (χ2v) is 19.6. The van der Waals surface area contributed by atoms with E-state index in [2.05, 4.69) is 148 Å². The lowest BCUT2D eigenvalue weighted by molar-refractivity contribution is 0.185. The summed E-state index contributed by atoms with van der Waals surface area (Å²) in [6.07, 6.45) is 47.4. The molecule has 0 spiro atoms. The summed E-state index contributed by atoms with van der Waals surface area (Å²) in [6, 6.07) is 0. The van der Waals surface area contributed by atoms with E-state index in [0.717, 1.165) is 109 Å². The zero-order valence-electron chi connectivity index (χ0n) is 42.5. The molecular formula is C55H99N2O4P. The molecular weight excluding hydrogens is 784 g/mol. The van der Waals surface area contributed by atoms with E-state index < -0.39 is 7.82 Å². The number of hydrogen-bond acceptors (Lipinski definition) is 4. The molecule has 0 rings (SSSR count). The smallest absolute Gasteiger partial charge is 0.344 e. The summed E-state index contributed by atoms with van der Waals surface area (Å²) in [6.45, 7) is 27.0. The highest BCUT2D eigenvalue weighted by atomic mass is 31.2. The van der Waals surface area contributed by atoms with Crippen LogP contribution in [0.15, 0.2) is 116 Å². The van der Waals surface area contributed by atoms with Crippen molar-refractivity contribution in [1.82, 2.24) is 12.3 Å². The molecule has 0 aromatic carbocycles. The molecule has 0 radical (unpaired) electrons. The van der Waals surface area contributed by atoms with Crippen molar-refractivity contribution >= 4 is 7.82 Å². The molecule has 0 aliphatic heterocycles. The highest BCUT2D eigenvalue weighted by Gasteiger charge is 2.14. The quantitative estimate of drug-likeness (QED) is 0.0375. The van der Waals surface area contributed by atoms with Crippen LogP contribution in [0.2, 0.25) is 0 Å². The third-order valence-corrected chi connectivity index (χ3v) is 11.9. The maximum atomic E-state index is 10.8. The van der Waals surface area contributed by atoms with Gasteiger partial charge in [-0.25, -0.2) is 4.57 Å². The molecule has 0 heterocycles. The van der Waals surface area contributed by atoms with Gasteiger partial charge in [0.2, 0.25) is 0 Å². The lowest BCUT2D eigenvalue weighted by atomic mass is 10.0. The molecule has 62 heavy (non-hydrogen) atoms. The molecule has 0 aromatic heterocycles. The molecule has 8 N–H and O–H groups in total. The van der Waals surface area contributed by atoms with Crippen LogP contribution in [0.3, 0.4) is 0 Å². The highest BCUT2D eigenvalue weighted by molar-refractivity contribution is 7.46. The van der Waals surface area contributed by atoms with Crippen molar-refractivity contribution in [2.45, 2.75) is 218 Å². The van der Waals surface area contributed by atoms with Gasteiger partial charge in [0.05, 0.1) is 6.61 Å². The standard InChI is InChI=1S/C55H93O4P.2H3N/c1-45(2)23-13-24-46(3)25-14-26-47(4)27-15-28-48(5)29-16-30-49(6)31-17-32-50(7)33-18-34-51(8)35-19-36-52(9)37-20-38-53(10)39-21-40-54(11)41-22-42-55(12)43-44-59-60(56,57)58;;/h23,25,27,29,31,33,35,37,39,41,55H,13-22,24,26,28,30,32,34,36,38,40,42-44H2,1-12H3,(H2,56,57,58);2*1H3/b46-25+,47-27+,48-29+,49-31+,50-33+,51-35+,52-37+,53-39+,54-41+;;. The summed E-state index contributed by atoms with van der Waals surface area (Å²) in [4.78, 5) is 17.6. The molecule has 0 saturated carbocycles. The molecule has 0 aliphatic rings. The van der Waals surface area contributed by atoms with Crippen molar-refractivity contribution in [2.75, 3.05) is 6.61 Å². The van der Waals surface area contributed by atoms with Crippen LogP contribution >= 0.6 is 7.82 Å². The Labute approximate surface area is 384 Å². The summed E-state index contributed by atoms with van der Waals surface area (Å²) in [5, 5.41) is 0. The molecule has 1 atom stereocenters. The van der Waals surface area contributed by atoms with Crippen molar-refractivity contribution in [2.24, 2.45) is 5.92 Å². The Bertz CT molecular complexity index is 1560. The fraction of sp³-hybridized carbons (Fsp3) is 0.636. The van der Waals surface area contributed by atoms with Crippen LogP contribution in [-0.4, -0.2) is 16.4 Å². The van der Waals surface area contributed by atoms with Gasteiger partial charge in [-0.15, -0.1) is 0 Å². The predicted octanol–water partition coefficient (Wildman–Crippen LogP) is 18.7. The van der Waals surface area contributed by atoms with E-state index in [0.29, 0.717) is 12.3 Å². The van der Waals surface area contributed by atoms with E-state index in [1.807, 2.05) is 0 Å². The van der Waals surface area contributed by atoms with Crippen LogP contribution in [0.1, 0.15) is 218 Å². The minimum Gasteiger partial charge on any atom is -0.344 e. The zero-order valence-corrected chi connectivity index (χ0v) is 43.4. The Morgan fingerprint density at radius 2 is 0.597 bits per heavy atom. The summed E-state index contributed by atoms with van der Waals surface area (Å²) in [5.74, 6) is 0.377. The van der Waals surface area contributed by atoms with Gasteiger partial charge < -0.3 is 22.1 Å². The van der Waals surface area contributed by atoms with Crippen LogP contribution in [0, 0.1) is 5.92 Å².